The largest absolute Gasteiger partial charge is 0.494 e. The minimum absolute atomic E-state index is 0.181. The average Bonchev–Trinajstić information content (AvgIpc) is 3.24. The number of carbonyl (C=O) groups excluding carboxylic acids is 1. The summed E-state index contributed by atoms with van der Waals surface area (Å²) in [6, 6.07) is 6.32. The van der Waals surface area contributed by atoms with Crippen LogP contribution in [0.5, 0.6) is 5.75 Å². The van der Waals surface area contributed by atoms with Crippen LogP contribution < -0.4 is 10.1 Å². The van der Waals surface area contributed by atoms with Crippen LogP contribution in [0, 0.1) is 12.7 Å². The van der Waals surface area contributed by atoms with Gasteiger partial charge in [0.05, 0.1) is 18.8 Å². The Morgan fingerprint density at radius 3 is 2.80 bits per heavy atom. The maximum atomic E-state index is 13.9. The third-order valence-corrected chi connectivity index (χ3v) is 5.68. The summed E-state index contributed by atoms with van der Waals surface area (Å²) in [7, 11) is 1.42. The lowest BCUT2D eigenvalue weighted by atomic mass is 10.1. The third-order valence-electron chi connectivity index (χ3n) is 3.79. The Morgan fingerprint density at radius 2 is 2.16 bits per heavy atom. The van der Waals surface area contributed by atoms with E-state index in [2.05, 4.69) is 10.3 Å². The summed E-state index contributed by atoms with van der Waals surface area (Å²) in [4.78, 5) is 17.6. The van der Waals surface area contributed by atoms with Crippen molar-refractivity contribution >= 4 is 28.6 Å². The highest BCUT2D eigenvalue weighted by molar-refractivity contribution is 7.17. The number of thiophene rings is 1. The maximum Gasteiger partial charge on any atom is 0.263 e. The summed E-state index contributed by atoms with van der Waals surface area (Å²) in [5.41, 5.74) is 2.38. The van der Waals surface area contributed by atoms with E-state index >= 15 is 0 Å². The highest BCUT2D eigenvalue weighted by Gasteiger charge is 2.19. The Hall–Kier alpha value is -2.25. The van der Waals surface area contributed by atoms with Gasteiger partial charge in [0.25, 0.3) is 5.91 Å². The summed E-state index contributed by atoms with van der Waals surface area (Å²) >= 11 is 2.95. The number of aryl methyl sites for hydroxylation is 1. The van der Waals surface area contributed by atoms with Crippen LogP contribution in [0.1, 0.15) is 33.9 Å². The molecule has 7 heteroatoms. The topological polar surface area (TPSA) is 51.2 Å². The van der Waals surface area contributed by atoms with Gasteiger partial charge in [-0.15, -0.1) is 11.3 Å². The normalized spacial score (nSPS) is 12.0. The second-order valence-electron chi connectivity index (χ2n) is 5.53. The molecular weight excluding hydrogens is 359 g/mol. The van der Waals surface area contributed by atoms with Gasteiger partial charge in [-0.1, -0.05) is 6.07 Å². The summed E-state index contributed by atoms with van der Waals surface area (Å²) in [6.45, 7) is 3.63. The molecule has 1 N–H and O–H groups in total. The molecule has 3 rings (SSSR count). The van der Waals surface area contributed by atoms with Gasteiger partial charge in [0, 0.05) is 10.9 Å². The molecule has 0 saturated heterocycles. The fraction of sp³-hybridized carbons (Fsp3) is 0.222. The zero-order valence-corrected chi connectivity index (χ0v) is 15.6. The third kappa shape index (κ3) is 3.72. The molecule has 1 aromatic carbocycles. The summed E-state index contributed by atoms with van der Waals surface area (Å²) in [5, 5.41) is 7.71. The first-order chi connectivity index (χ1) is 12.0. The van der Waals surface area contributed by atoms with Gasteiger partial charge >= 0.3 is 0 Å². The number of rotatable bonds is 5. The van der Waals surface area contributed by atoms with E-state index < -0.39 is 5.82 Å². The van der Waals surface area contributed by atoms with E-state index in [-0.39, 0.29) is 17.7 Å². The Balaban J connectivity index is 1.77. The van der Waals surface area contributed by atoms with Gasteiger partial charge in [0.15, 0.2) is 11.6 Å². The van der Waals surface area contributed by atoms with Crippen LogP contribution in [0.15, 0.2) is 35.0 Å². The summed E-state index contributed by atoms with van der Waals surface area (Å²) in [5.74, 6) is -0.476. The van der Waals surface area contributed by atoms with E-state index in [1.807, 2.05) is 30.7 Å². The van der Waals surface area contributed by atoms with Gasteiger partial charge < -0.3 is 10.1 Å². The molecule has 2 aromatic heterocycles. The van der Waals surface area contributed by atoms with Gasteiger partial charge in [0.1, 0.15) is 9.88 Å². The number of amides is 1. The molecule has 2 heterocycles. The Bertz CT molecular complexity index is 891. The molecule has 0 fully saturated rings. The molecule has 0 spiro atoms. The lowest BCUT2D eigenvalue weighted by Crippen LogP contribution is -2.26. The van der Waals surface area contributed by atoms with E-state index in [0.29, 0.717) is 16.1 Å². The fourth-order valence-electron chi connectivity index (χ4n) is 2.41. The predicted molar refractivity (Wildman–Crippen MR) is 99.0 cm³/mol. The predicted octanol–water partition coefficient (Wildman–Crippen LogP) is 4.82. The SMILES string of the molecule is COc1ccc([C@H](C)NC(=O)c2sc(-c3ccsc3)nc2C)cc1F. The van der Waals surface area contributed by atoms with Crippen molar-refractivity contribution in [1.82, 2.24) is 10.3 Å². The van der Waals surface area contributed by atoms with Crippen LogP contribution in [0.3, 0.4) is 0 Å². The number of nitrogens with one attached hydrogen (secondary N) is 1. The van der Waals surface area contributed by atoms with Crippen molar-refractivity contribution in [1.29, 1.82) is 0 Å². The molecule has 4 nitrogen and oxygen atoms in total. The van der Waals surface area contributed by atoms with Crippen molar-refractivity contribution < 1.29 is 13.9 Å². The first kappa shape index (κ1) is 17.6. The molecule has 0 bridgehead atoms. The molecular formula is C18H17FN2O2S2. The smallest absolute Gasteiger partial charge is 0.263 e. The lowest BCUT2D eigenvalue weighted by molar-refractivity contribution is 0.0943. The minimum Gasteiger partial charge on any atom is -0.494 e. The van der Waals surface area contributed by atoms with E-state index in [0.717, 1.165) is 10.6 Å². The second kappa shape index (κ2) is 7.33. The number of aromatic nitrogens is 1. The standard InChI is InChI=1S/C18H17FN2O2S2/c1-10(12-4-5-15(23-3)14(19)8-12)20-17(22)16-11(2)21-18(25-16)13-6-7-24-9-13/h4-10H,1-3H3,(H,20,22)/t10-/m0/s1. The van der Waals surface area contributed by atoms with E-state index in [1.54, 1.807) is 23.5 Å². The number of nitrogens with zero attached hydrogens (tertiary/aromatic N) is 1. The van der Waals surface area contributed by atoms with E-state index in [1.165, 1.54) is 24.5 Å². The second-order valence-corrected chi connectivity index (χ2v) is 7.31. The van der Waals surface area contributed by atoms with Crippen LogP contribution in [0.2, 0.25) is 0 Å². The Kier molecular flexibility index (Phi) is 5.15. The first-order valence-corrected chi connectivity index (χ1v) is 9.40. The minimum atomic E-state index is -0.449. The van der Waals surface area contributed by atoms with Crippen molar-refractivity contribution in [3.05, 3.63) is 57.0 Å². The molecule has 0 saturated carbocycles. The van der Waals surface area contributed by atoms with Crippen LogP contribution in [-0.4, -0.2) is 18.0 Å². The number of methoxy groups -OCH3 is 1. The number of carbonyl (C=O) groups is 1. The van der Waals surface area contributed by atoms with Gasteiger partial charge in [0.2, 0.25) is 0 Å². The quantitative estimate of drug-likeness (QED) is 0.695. The van der Waals surface area contributed by atoms with Crippen molar-refractivity contribution in [3.8, 4) is 16.3 Å². The molecule has 1 amide bonds. The number of thiazole rings is 1. The van der Waals surface area contributed by atoms with Crippen LogP contribution >= 0.6 is 22.7 Å². The molecule has 0 unspecified atom stereocenters. The lowest BCUT2D eigenvalue weighted by Gasteiger charge is -2.14. The van der Waals surface area contributed by atoms with Gasteiger partial charge in [-0.3, -0.25) is 4.79 Å². The first-order valence-electron chi connectivity index (χ1n) is 7.64. The fourth-order valence-corrected chi connectivity index (χ4v) is 4.10. The highest BCUT2D eigenvalue weighted by Crippen LogP contribution is 2.30. The van der Waals surface area contributed by atoms with E-state index in [4.69, 9.17) is 4.74 Å². The molecule has 0 radical (unpaired) electrons. The van der Waals surface area contributed by atoms with Crippen LogP contribution in [-0.2, 0) is 0 Å². The monoisotopic (exact) mass is 376 g/mol. The molecule has 0 aliphatic heterocycles. The van der Waals surface area contributed by atoms with E-state index in [9.17, 15) is 9.18 Å². The Labute approximate surface area is 153 Å². The average molecular weight is 376 g/mol. The number of ether oxygens (including phenoxy) is 1. The summed E-state index contributed by atoms with van der Waals surface area (Å²) < 4.78 is 18.8. The van der Waals surface area contributed by atoms with Crippen molar-refractivity contribution in [2.24, 2.45) is 0 Å². The molecule has 130 valence electrons. The van der Waals surface area contributed by atoms with Gasteiger partial charge in [-0.05, 0) is 43.0 Å². The molecule has 3 aromatic rings. The molecule has 1 atom stereocenters. The van der Waals surface area contributed by atoms with Crippen molar-refractivity contribution in [2.45, 2.75) is 19.9 Å². The maximum absolute atomic E-state index is 13.9. The summed E-state index contributed by atoms with van der Waals surface area (Å²) in [6.07, 6.45) is 0. The van der Waals surface area contributed by atoms with Gasteiger partial charge in [-0.25, -0.2) is 9.37 Å². The highest BCUT2D eigenvalue weighted by atomic mass is 32.1. The zero-order chi connectivity index (χ0) is 18.0. The number of hydrogen-bond donors (Lipinski definition) is 1. The van der Waals surface area contributed by atoms with Crippen molar-refractivity contribution in [2.75, 3.05) is 7.11 Å². The molecule has 0 aliphatic rings. The van der Waals surface area contributed by atoms with Crippen LogP contribution in [0.4, 0.5) is 4.39 Å². The van der Waals surface area contributed by atoms with Gasteiger partial charge in [-0.2, -0.15) is 11.3 Å². The zero-order valence-electron chi connectivity index (χ0n) is 14.0. The number of benzene rings is 1. The molecule has 0 aliphatic carbocycles. The Morgan fingerprint density at radius 1 is 1.36 bits per heavy atom. The van der Waals surface area contributed by atoms with Crippen LogP contribution in [0.25, 0.3) is 10.6 Å². The molecule has 25 heavy (non-hydrogen) atoms. The van der Waals surface area contributed by atoms with Crippen molar-refractivity contribution in [3.63, 3.8) is 0 Å². The number of halogens is 1. The number of hydrogen-bond acceptors (Lipinski definition) is 5.